The van der Waals surface area contributed by atoms with Crippen molar-refractivity contribution in [3.63, 3.8) is 0 Å². The molecule has 2 unspecified atom stereocenters. The van der Waals surface area contributed by atoms with E-state index in [-0.39, 0.29) is 22.2 Å². The standard InChI is InChI=1S/C39H56O/c1-23-16-27(5)33(37(7,8)9)20-29(23)25(3)18-32(30-21-34(38(10,11)12)28(6)17-24(30)2)31-22-35(39(13,14)15)36(40)19-26(31)4/h16-17,19-22,25,32,40H,18H2,1-15H3. The maximum absolute atomic E-state index is 11.0. The van der Waals surface area contributed by atoms with E-state index in [9.17, 15) is 5.11 Å². The van der Waals surface area contributed by atoms with E-state index in [0.29, 0.717) is 11.7 Å². The highest BCUT2D eigenvalue weighted by Crippen LogP contribution is 2.44. The van der Waals surface area contributed by atoms with E-state index in [0.717, 1.165) is 17.5 Å². The number of hydrogen-bond acceptors (Lipinski definition) is 1. The minimum Gasteiger partial charge on any atom is -0.508 e. The van der Waals surface area contributed by atoms with Crippen LogP contribution in [0.15, 0.2) is 36.4 Å². The number of phenols is 1. The summed E-state index contributed by atoms with van der Waals surface area (Å²) in [6.45, 7) is 34.1. The van der Waals surface area contributed by atoms with Crippen molar-refractivity contribution in [3.8, 4) is 5.75 Å². The van der Waals surface area contributed by atoms with Gasteiger partial charge in [0.25, 0.3) is 0 Å². The molecule has 0 spiro atoms. The molecule has 0 aromatic heterocycles. The first-order chi connectivity index (χ1) is 18.1. The molecule has 3 rings (SSSR count). The van der Waals surface area contributed by atoms with Crippen molar-refractivity contribution in [1.82, 2.24) is 0 Å². The fraction of sp³-hybridized carbons (Fsp3) is 0.538. The number of aromatic hydroxyl groups is 1. The zero-order valence-corrected chi connectivity index (χ0v) is 28.3. The van der Waals surface area contributed by atoms with Crippen molar-refractivity contribution in [3.05, 3.63) is 97.6 Å². The van der Waals surface area contributed by atoms with Crippen LogP contribution < -0.4 is 0 Å². The van der Waals surface area contributed by atoms with E-state index in [1.165, 1.54) is 50.1 Å². The van der Waals surface area contributed by atoms with Crippen LogP contribution in [0.25, 0.3) is 0 Å². The Morgan fingerprint density at radius 1 is 0.500 bits per heavy atom. The smallest absolute Gasteiger partial charge is 0.119 e. The molecule has 0 heterocycles. The Bertz CT molecular complexity index is 1310. The SMILES string of the molecule is Cc1cc(C)c(C(C)(C)C)cc1C(C)CC(c1cc(C(C)(C)C)c(C)cc1C)c1cc(C(C)(C)C)c(O)cc1C. The Kier molecular flexibility index (Phi) is 8.82. The van der Waals surface area contributed by atoms with Gasteiger partial charge in [0.15, 0.2) is 0 Å². The molecule has 1 N–H and O–H groups in total. The fourth-order valence-corrected chi connectivity index (χ4v) is 6.85. The molecular weight excluding hydrogens is 484 g/mol. The van der Waals surface area contributed by atoms with Crippen molar-refractivity contribution in [1.29, 1.82) is 0 Å². The lowest BCUT2D eigenvalue weighted by molar-refractivity contribution is 0.445. The Labute approximate surface area is 246 Å². The molecule has 3 aromatic carbocycles. The largest absolute Gasteiger partial charge is 0.508 e. The topological polar surface area (TPSA) is 20.2 Å². The van der Waals surface area contributed by atoms with Gasteiger partial charge < -0.3 is 5.11 Å². The molecule has 3 aromatic rings. The van der Waals surface area contributed by atoms with Crippen LogP contribution in [0, 0.1) is 34.6 Å². The highest BCUT2D eigenvalue weighted by atomic mass is 16.3. The molecule has 0 aliphatic heterocycles. The Morgan fingerprint density at radius 3 is 1.27 bits per heavy atom. The minimum atomic E-state index is -0.142. The van der Waals surface area contributed by atoms with Gasteiger partial charge in [0.1, 0.15) is 5.75 Å². The summed E-state index contributed by atoms with van der Waals surface area (Å²) in [4.78, 5) is 0. The summed E-state index contributed by atoms with van der Waals surface area (Å²) in [5.41, 5.74) is 14.7. The van der Waals surface area contributed by atoms with Gasteiger partial charge >= 0.3 is 0 Å². The summed E-state index contributed by atoms with van der Waals surface area (Å²) in [6, 6.07) is 14.1. The van der Waals surface area contributed by atoms with Gasteiger partial charge in [-0.25, -0.2) is 0 Å². The third-order valence-corrected chi connectivity index (χ3v) is 8.91. The average Bonchev–Trinajstić information content (AvgIpc) is 2.75. The van der Waals surface area contributed by atoms with Gasteiger partial charge in [-0.3, -0.25) is 0 Å². The first kappa shape index (κ1) is 32.0. The van der Waals surface area contributed by atoms with Crippen molar-refractivity contribution in [2.75, 3.05) is 0 Å². The van der Waals surface area contributed by atoms with Crippen molar-refractivity contribution in [2.24, 2.45) is 0 Å². The summed E-state index contributed by atoms with van der Waals surface area (Å²) >= 11 is 0. The van der Waals surface area contributed by atoms with E-state index in [1.807, 2.05) is 6.07 Å². The highest BCUT2D eigenvalue weighted by molar-refractivity contribution is 5.52. The van der Waals surface area contributed by atoms with Crippen LogP contribution in [0.3, 0.4) is 0 Å². The molecule has 0 radical (unpaired) electrons. The summed E-state index contributed by atoms with van der Waals surface area (Å²) in [6.07, 6.45) is 1.01. The Balaban J connectivity index is 2.30. The van der Waals surface area contributed by atoms with E-state index in [1.54, 1.807) is 0 Å². The zero-order valence-electron chi connectivity index (χ0n) is 28.3. The lowest BCUT2D eigenvalue weighted by Crippen LogP contribution is -2.18. The number of hydrogen-bond donors (Lipinski definition) is 1. The first-order valence-corrected chi connectivity index (χ1v) is 15.2. The number of phenolic OH excluding ortho intramolecular Hbond substituents is 1. The summed E-state index contributed by atoms with van der Waals surface area (Å²) in [5, 5.41) is 11.0. The van der Waals surface area contributed by atoms with Crippen molar-refractivity contribution < 1.29 is 5.11 Å². The first-order valence-electron chi connectivity index (χ1n) is 15.2. The molecule has 0 aliphatic carbocycles. The van der Waals surface area contributed by atoms with Gasteiger partial charge in [0, 0.05) is 5.92 Å². The van der Waals surface area contributed by atoms with E-state index >= 15 is 0 Å². The van der Waals surface area contributed by atoms with Crippen molar-refractivity contribution in [2.45, 2.75) is 138 Å². The molecule has 1 heteroatoms. The van der Waals surface area contributed by atoms with Crippen LogP contribution in [-0.2, 0) is 16.2 Å². The normalized spacial score (nSPS) is 14.4. The molecule has 2 atom stereocenters. The number of benzene rings is 3. The van der Waals surface area contributed by atoms with Gasteiger partial charge in [-0.05, 0) is 130 Å². The lowest BCUT2D eigenvalue weighted by Gasteiger charge is -2.31. The number of aryl methyl sites for hydroxylation is 5. The quantitative estimate of drug-likeness (QED) is 0.341. The summed E-state index contributed by atoms with van der Waals surface area (Å²) in [5.74, 6) is 0.995. The monoisotopic (exact) mass is 540 g/mol. The second kappa shape index (κ2) is 11.0. The fourth-order valence-electron chi connectivity index (χ4n) is 6.85. The van der Waals surface area contributed by atoms with Gasteiger partial charge in [0.2, 0.25) is 0 Å². The molecule has 0 fully saturated rings. The van der Waals surface area contributed by atoms with Crippen LogP contribution in [0.4, 0.5) is 0 Å². The third kappa shape index (κ3) is 6.67. The molecule has 0 bridgehead atoms. The summed E-state index contributed by atoms with van der Waals surface area (Å²) in [7, 11) is 0. The van der Waals surface area contributed by atoms with Gasteiger partial charge in [-0.1, -0.05) is 99.6 Å². The second-order valence-electron chi connectivity index (χ2n) is 15.7. The molecule has 218 valence electrons. The Morgan fingerprint density at radius 2 is 0.850 bits per heavy atom. The van der Waals surface area contributed by atoms with Crippen LogP contribution in [0.5, 0.6) is 5.75 Å². The van der Waals surface area contributed by atoms with Crippen LogP contribution >= 0.6 is 0 Å². The molecule has 1 nitrogen and oxygen atoms in total. The minimum absolute atomic E-state index is 0.0679. The van der Waals surface area contributed by atoms with Gasteiger partial charge in [-0.15, -0.1) is 0 Å². The van der Waals surface area contributed by atoms with Gasteiger partial charge in [-0.2, -0.15) is 0 Å². The summed E-state index contributed by atoms with van der Waals surface area (Å²) < 4.78 is 0. The molecule has 0 amide bonds. The van der Waals surface area contributed by atoms with E-state index in [2.05, 4.69) is 134 Å². The van der Waals surface area contributed by atoms with Gasteiger partial charge in [0.05, 0.1) is 0 Å². The highest BCUT2D eigenvalue weighted by Gasteiger charge is 2.29. The Hall–Kier alpha value is -2.54. The van der Waals surface area contributed by atoms with Crippen LogP contribution in [0.2, 0.25) is 0 Å². The maximum atomic E-state index is 11.0. The van der Waals surface area contributed by atoms with E-state index in [4.69, 9.17) is 0 Å². The lowest BCUT2D eigenvalue weighted by atomic mass is 9.73. The molecular formula is C39H56O. The predicted molar refractivity (Wildman–Crippen MR) is 176 cm³/mol. The molecule has 0 saturated heterocycles. The predicted octanol–water partition coefficient (Wildman–Crippen LogP) is 11.2. The molecule has 0 saturated carbocycles. The second-order valence-corrected chi connectivity index (χ2v) is 15.7. The van der Waals surface area contributed by atoms with Crippen LogP contribution in [0.1, 0.15) is 149 Å². The zero-order chi connectivity index (χ0) is 30.5. The van der Waals surface area contributed by atoms with E-state index < -0.39 is 0 Å². The molecule has 0 aliphatic rings. The molecule has 40 heavy (non-hydrogen) atoms. The van der Waals surface area contributed by atoms with Crippen LogP contribution in [-0.4, -0.2) is 5.11 Å². The average molecular weight is 541 g/mol. The number of rotatable bonds is 5. The maximum Gasteiger partial charge on any atom is 0.119 e. The third-order valence-electron chi connectivity index (χ3n) is 8.91. The van der Waals surface area contributed by atoms with Crippen molar-refractivity contribution >= 4 is 0 Å².